The van der Waals surface area contributed by atoms with Crippen LogP contribution in [0.1, 0.15) is 23.6 Å². The highest BCUT2D eigenvalue weighted by Gasteiger charge is 2.50. The number of rotatable bonds is 5. The molecule has 0 bridgehead atoms. The van der Waals surface area contributed by atoms with Crippen molar-refractivity contribution in [3.8, 4) is 11.8 Å². The van der Waals surface area contributed by atoms with Crippen LogP contribution in [-0.2, 0) is 22.4 Å². The number of methoxy groups -OCH3 is 1. The molecule has 2 unspecified atom stereocenters. The molecule has 1 fully saturated rings. The van der Waals surface area contributed by atoms with E-state index < -0.39 is 11.6 Å². The van der Waals surface area contributed by atoms with Crippen LogP contribution in [0.4, 0.5) is 4.39 Å². The Morgan fingerprint density at radius 2 is 1.83 bits per heavy atom. The molecule has 0 spiro atoms. The standard InChI is InChI=1S/C23H24FN3O3/c1-23(13-15-8-10-17(24)11-9-15)22(29)26(2)19(21(28)27(23)3)12-18-16(14-25)6-5-7-20(18)30-4/h5-11,19H,12-13H2,1-4H3. The Balaban J connectivity index is 1.92. The number of nitrogens with zero attached hydrogens (tertiary/aromatic N) is 3. The van der Waals surface area contributed by atoms with Gasteiger partial charge in [-0.15, -0.1) is 0 Å². The molecule has 2 atom stereocenters. The van der Waals surface area contributed by atoms with Crippen molar-refractivity contribution in [3.63, 3.8) is 0 Å². The lowest BCUT2D eigenvalue weighted by molar-refractivity contribution is -0.166. The fourth-order valence-electron chi connectivity index (χ4n) is 3.98. The molecule has 6 nitrogen and oxygen atoms in total. The number of carbonyl (C=O) groups excluding carboxylic acids is 2. The third kappa shape index (κ3) is 3.61. The Morgan fingerprint density at radius 3 is 2.43 bits per heavy atom. The van der Waals surface area contributed by atoms with Gasteiger partial charge in [0, 0.05) is 32.5 Å². The van der Waals surface area contributed by atoms with E-state index in [0.29, 0.717) is 16.9 Å². The molecule has 3 rings (SSSR count). The molecule has 30 heavy (non-hydrogen) atoms. The number of benzene rings is 2. The van der Waals surface area contributed by atoms with Crippen molar-refractivity contribution in [1.82, 2.24) is 9.80 Å². The fourth-order valence-corrected chi connectivity index (χ4v) is 3.98. The summed E-state index contributed by atoms with van der Waals surface area (Å²) in [5.74, 6) is -0.292. The number of piperazine rings is 1. The van der Waals surface area contributed by atoms with Gasteiger partial charge in [0.15, 0.2) is 0 Å². The number of carbonyl (C=O) groups is 2. The third-order valence-electron chi connectivity index (χ3n) is 5.94. The monoisotopic (exact) mass is 409 g/mol. The van der Waals surface area contributed by atoms with Gasteiger partial charge in [-0.3, -0.25) is 9.59 Å². The summed E-state index contributed by atoms with van der Waals surface area (Å²) in [6.07, 6.45) is 0.439. The van der Waals surface area contributed by atoms with Crippen molar-refractivity contribution in [2.24, 2.45) is 0 Å². The summed E-state index contributed by atoms with van der Waals surface area (Å²) in [6, 6.07) is 12.4. The Hall–Kier alpha value is -3.40. The van der Waals surface area contributed by atoms with E-state index in [9.17, 15) is 19.2 Å². The van der Waals surface area contributed by atoms with Gasteiger partial charge in [-0.2, -0.15) is 5.26 Å². The molecule has 1 saturated heterocycles. The minimum Gasteiger partial charge on any atom is -0.496 e. The van der Waals surface area contributed by atoms with Crippen LogP contribution >= 0.6 is 0 Å². The zero-order valence-corrected chi connectivity index (χ0v) is 17.5. The van der Waals surface area contributed by atoms with E-state index >= 15 is 0 Å². The fraction of sp³-hybridized carbons (Fsp3) is 0.348. The number of nitriles is 1. The first kappa shape index (κ1) is 21.3. The zero-order chi connectivity index (χ0) is 22.1. The molecule has 0 radical (unpaired) electrons. The minimum atomic E-state index is -1.10. The van der Waals surface area contributed by atoms with Crippen molar-refractivity contribution in [2.75, 3.05) is 21.2 Å². The SMILES string of the molecule is COc1cccc(C#N)c1CC1C(=O)N(C)C(C)(Cc2ccc(F)cc2)C(=O)N1C. The van der Waals surface area contributed by atoms with Crippen LogP contribution in [0.5, 0.6) is 5.75 Å². The molecular formula is C23H24FN3O3. The molecule has 1 aliphatic heterocycles. The van der Waals surface area contributed by atoms with E-state index in [1.165, 1.54) is 29.0 Å². The molecule has 1 heterocycles. The second-order valence-electron chi connectivity index (χ2n) is 7.71. The normalized spacial score (nSPS) is 21.5. The van der Waals surface area contributed by atoms with Crippen LogP contribution < -0.4 is 4.74 Å². The Labute approximate surface area is 175 Å². The third-order valence-corrected chi connectivity index (χ3v) is 5.94. The summed E-state index contributed by atoms with van der Waals surface area (Å²) >= 11 is 0. The smallest absolute Gasteiger partial charge is 0.249 e. The summed E-state index contributed by atoms with van der Waals surface area (Å²) < 4.78 is 18.6. The highest BCUT2D eigenvalue weighted by molar-refractivity contribution is 5.99. The van der Waals surface area contributed by atoms with Crippen molar-refractivity contribution in [3.05, 3.63) is 65.0 Å². The number of hydrogen-bond acceptors (Lipinski definition) is 4. The molecule has 1 aliphatic rings. The second kappa shape index (κ2) is 8.15. The number of halogens is 1. The molecule has 0 aromatic heterocycles. The average Bonchev–Trinajstić information content (AvgIpc) is 2.75. The van der Waals surface area contributed by atoms with Crippen molar-refractivity contribution < 1.29 is 18.7 Å². The van der Waals surface area contributed by atoms with E-state index in [1.807, 2.05) is 0 Å². The van der Waals surface area contributed by atoms with Crippen molar-refractivity contribution in [1.29, 1.82) is 5.26 Å². The topological polar surface area (TPSA) is 73.6 Å². The molecule has 0 saturated carbocycles. The number of hydrogen-bond donors (Lipinski definition) is 0. The maximum Gasteiger partial charge on any atom is 0.249 e. The van der Waals surface area contributed by atoms with Gasteiger partial charge in [0.1, 0.15) is 23.1 Å². The lowest BCUT2D eigenvalue weighted by atomic mass is 9.84. The lowest BCUT2D eigenvalue weighted by Gasteiger charge is -2.48. The summed E-state index contributed by atoms with van der Waals surface area (Å²) in [5, 5.41) is 9.46. The first-order valence-electron chi connectivity index (χ1n) is 9.58. The Kier molecular flexibility index (Phi) is 5.79. The van der Waals surface area contributed by atoms with E-state index in [-0.39, 0.29) is 30.5 Å². The van der Waals surface area contributed by atoms with Crippen LogP contribution in [0.3, 0.4) is 0 Å². The minimum absolute atomic E-state index is 0.172. The zero-order valence-electron chi connectivity index (χ0n) is 17.5. The highest BCUT2D eigenvalue weighted by atomic mass is 19.1. The van der Waals surface area contributed by atoms with E-state index in [2.05, 4.69) is 6.07 Å². The maximum atomic E-state index is 13.3. The van der Waals surface area contributed by atoms with Gasteiger partial charge in [0.25, 0.3) is 0 Å². The van der Waals surface area contributed by atoms with Gasteiger partial charge in [-0.1, -0.05) is 18.2 Å². The predicted octanol–water partition coefficient (Wildman–Crippen LogP) is 2.55. The molecule has 0 aliphatic carbocycles. The van der Waals surface area contributed by atoms with Crippen LogP contribution in [-0.4, -0.2) is 54.4 Å². The van der Waals surface area contributed by atoms with Gasteiger partial charge in [0.05, 0.1) is 18.7 Å². The first-order chi connectivity index (χ1) is 14.2. The van der Waals surface area contributed by atoms with Crippen LogP contribution in [0.25, 0.3) is 0 Å². The molecule has 2 aromatic rings. The Bertz CT molecular complexity index is 1020. The van der Waals surface area contributed by atoms with Crippen LogP contribution in [0.15, 0.2) is 42.5 Å². The van der Waals surface area contributed by atoms with E-state index in [0.717, 1.165) is 5.56 Å². The van der Waals surface area contributed by atoms with Crippen LogP contribution in [0.2, 0.25) is 0 Å². The second-order valence-corrected chi connectivity index (χ2v) is 7.71. The van der Waals surface area contributed by atoms with Crippen molar-refractivity contribution in [2.45, 2.75) is 31.3 Å². The Morgan fingerprint density at radius 1 is 1.17 bits per heavy atom. The number of amides is 2. The van der Waals surface area contributed by atoms with Gasteiger partial charge in [-0.05, 0) is 36.8 Å². The number of ether oxygens (including phenoxy) is 1. The van der Waals surface area contributed by atoms with Crippen LogP contribution in [0, 0.1) is 17.1 Å². The summed E-state index contributed by atoms with van der Waals surface area (Å²) in [7, 11) is 4.71. The molecule has 2 amide bonds. The molecule has 156 valence electrons. The summed E-state index contributed by atoms with van der Waals surface area (Å²) in [5.41, 5.74) is 0.663. The van der Waals surface area contributed by atoms with E-state index in [1.54, 1.807) is 51.4 Å². The number of likely N-dealkylation sites (N-methyl/N-ethyl adjacent to an activating group) is 2. The average molecular weight is 409 g/mol. The van der Waals surface area contributed by atoms with Gasteiger partial charge in [-0.25, -0.2) is 4.39 Å². The summed E-state index contributed by atoms with van der Waals surface area (Å²) in [6.45, 7) is 1.72. The van der Waals surface area contributed by atoms with E-state index in [4.69, 9.17) is 4.74 Å². The summed E-state index contributed by atoms with van der Waals surface area (Å²) in [4.78, 5) is 29.5. The first-order valence-corrected chi connectivity index (χ1v) is 9.58. The van der Waals surface area contributed by atoms with Crippen molar-refractivity contribution >= 4 is 11.8 Å². The predicted molar refractivity (Wildman–Crippen MR) is 109 cm³/mol. The van der Waals surface area contributed by atoms with Gasteiger partial charge < -0.3 is 14.5 Å². The van der Waals surface area contributed by atoms with Gasteiger partial charge >= 0.3 is 0 Å². The molecule has 2 aromatic carbocycles. The van der Waals surface area contributed by atoms with Gasteiger partial charge in [0.2, 0.25) is 11.8 Å². The maximum absolute atomic E-state index is 13.3. The highest BCUT2D eigenvalue weighted by Crippen LogP contribution is 2.32. The quantitative estimate of drug-likeness (QED) is 0.761. The molecule has 7 heteroatoms. The largest absolute Gasteiger partial charge is 0.496 e. The molecule has 0 N–H and O–H groups in total. The molecular weight excluding hydrogens is 385 g/mol. The lowest BCUT2D eigenvalue weighted by Crippen LogP contribution is -2.69.